The molecule has 8 unspecified atom stereocenters. The molecule has 11 atom stereocenters. The van der Waals surface area contributed by atoms with Crippen LogP contribution < -0.4 is 0 Å². The van der Waals surface area contributed by atoms with Crippen LogP contribution in [0.5, 0.6) is 0 Å². The zero-order chi connectivity index (χ0) is 37.1. The number of allylic oxidation sites excluding steroid dienone is 1. The number of carbonyl (C=O) groups is 2. The maximum Gasteiger partial charge on any atom is 0.362 e. The van der Waals surface area contributed by atoms with Crippen molar-refractivity contribution in [1.82, 2.24) is 0 Å². The predicted molar refractivity (Wildman–Crippen MR) is 198 cm³/mol. The molecule has 0 radical (unpaired) electrons. The standard InChI is InChI=1S/C42H74N2O6/c1-28(2)31-24-29(27-49-36(47)25-43(8,9)20-22-45)30-14-18-41(6)32(38(30)31)12-13-34-40(5)17-16-35(50-37(48)26-44(10,11)21-23-46)39(3,4)33(40)15-19-42(34,41)7/h29-35,38,45-46H,1,12-27H2,2-11H3/q+2/t29?,30?,31?,32?,33?,34?,35?,38?,40-,41-,42+/m0/s1. The fraction of sp³-hybridized carbons (Fsp3) is 0.905. The van der Waals surface area contributed by atoms with E-state index in [4.69, 9.17) is 9.47 Å². The molecule has 5 fully saturated rings. The summed E-state index contributed by atoms with van der Waals surface area (Å²) in [6, 6.07) is 0. The zero-order valence-corrected chi connectivity index (χ0v) is 33.6. The summed E-state index contributed by atoms with van der Waals surface area (Å²) >= 11 is 0. The number of esters is 2. The van der Waals surface area contributed by atoms with Crippen molar-refractivity contribution in [2.45, 2.75) is 105 Å². The van der Waals surface area contributed by atoms with Crippen LogP contribution in [0.3, 0.4) is 0 Å². The van der Waals surface area contributed by atoms with Gasteiger partial charge in [0.25, 0.3) is 0 Å². The van der Waals surface area contributed by atoms with Crippen LogP contribution in [-0.4, -0.2) is 111 Å². The van der Waals surface area contributed by atoms with E-state index < -0.39 is 0 Å². The summed E-state index contributed by atoms with van der Waals surface area (Å²) in [4.78, 5) is 26.1. The average molecular weight is 703 g/mol. The van der Waals surface area contributed by atoms with Crippen molar-refractivity contribution in [1.29, 1.82) is 0 Å². The lowest BCUT2D eigenvalue weighted by Crippen LogP contribution is -2.66. The number of likely N-dealkylation sites (N-methyl/N-ethyl adjacent to an activating group) is 2. The minimum atomic E-state index is -0.158. The number of ether oxygens (including phenoxy) is 2. The minimum absolute atomic E-state index is 0.0607. The first kappa shape index (κ1) is 39.7. The van der Waals surface area contributed by atoms with Crippen LogP contribution in [0.4, 0.5) is 0 Å². The van der Waals surface area contributed by atoms with Crippen molar-refractivity contribution in [2.24, 2.45) is 63.1 Å². The highest BCUT2D eigenvalue weighted by molar-refractivity contribution is 5.71. The summed E-state index contributed by atoms with van der Waals surface area (Å²) in [6.07, 6.45) is 10.4. The van der Waals surface area contributed by atoms with Crippen molar-refractivity contribution < 1.29 is 38.2 Å². The first-order valence-electron chi connectivity index (χ1n) is 20.0. The van der Waals surface area contributed by atoms with Crippen LogP contribution in [-0.2, 0) is 19.1 Å². The normalized spacial score (nSPS) is 40.9. The number of aliphatic hydroxyl groups excluding tert-OH is 2. The molecule has 2 N–H and O–H groups in total. The van der Waals surface area contributed by atoms with Crippen molar-refractivity contribution in [2.75, 3.05) is 74.2 Å². The van der Waals surface area contributed by atoms with Crippen LogP contribution in [0.1, 0.15) is 99.3 Å². The largest absolute Gasteiger partial charge is 0.461 e. The summed E-state index contributed by atoms with van der Waals surface area (Å²) in [6.45, 7) is 21.7. The maximum atomic E-state index is 13.2. The average Bonchev–Trinajstić information content (AvgIpc) is 3.36. The monoisotopic (exact) mass is 703 g/mol. The summed E-state index contributed by atoms with van der Waals surface area (Å²) in [7, 11) is 7.90. The number of aliphatic hydroxyl groups is 2. The van der Waals surface area contributed by atoms with Gasteiger partial charge < -0.3 is 28.7 Å². The second kappa shape index (κ2) is 14.1. The molecule has 0 amide bonds. The third-order valence-corrected chi connectivity index (χ3v) is 16.3. The zero-order valence-electron chi connectivity index (χ0n) is 33.6. The number of quaternary nitrogens is 2. The highest BCUT2D eigenvalue weighted by Gasteiger charge is 2.70. The van der Waals surface area contributed by atoms with Crippen LogP contribution in [0.15, 0.2) is 12.2 Å². The van der Waals surface area contributed by atoms with Gasteiger partial charge in [0.05, 0.1) is 48.0 Å². The van der Waals surface area contributed by atoms with Crippen LogP contribution in [0.2, 0.25) is 0 Å². The molecule has 5 rings (SSSR count). The molecule has 0 heterocycles. The summed E-state index contributed by atoms with van der Waals surface area (Å²) in [5.74, 6) is 3.53. The Balaban J connectivity index is 1.32. The lowest BCUT2D eigenvalue weighted by atomic mass is 9.33. The van der Waals surface area contributed by atoms with E-state index in [0.29, 0.717) is 70.1 Å². The Kier molecular flexibility index (Phi) is 11.2. The smallest absolute Gasteiger partial charge is 0.362 e. The number of hydrogen-bond donors (Lipinski definition) is 2. The molecule has 0 spiro atoms. The molecule has 50 heavy (non-hydrogen) atoms. The summed E-state index contributed by atoms with van der Waals surface area (Å²) < 4.78 is 13.2. The number of carbonyl (C=O) groups excluding carboxylic acids is 2. The Morgan fingerprint density at radius 3 is 1.98 bits per heavy atom. The topological polar surface area (TPSA) is 93.1 Å². The van der Waals surface area contributed by atoms with Gasteiger partial charge in [-0.1, -0.05) is 46.8 Å². The molecular formula is C42H74N2O6+2. The first-order chi connectivity index (χ1) is 23.2. The Morgan fingerprint density at radius 1 is 0.780 bits per heavy atom. The van der Waals surface area contributed by atoms with Gasteiger partial charge >= 0.3 is 11.9 Å². The second-order valence-corrected chi connectivity index (χ2v) is 20.5. The number of rotatable bonds is 12. The van der Waals surface area contributed by atoms with E-state index in [1.807, 2.05) is 28.2 Å². The lowest BCUT2D eigenvalue weighted by Gasteiger charge is -2.72. The molecule has 0 aromatic carbocycles. The molecule has 0 aromatic rings. The Morgan fingerprint density at radius 2 is 1.38 bits per heavy atom. The molecular weight excluding hydrogens is 628 g/mol. The molecule has 0 saturated heterocycles. The Labute approximate surface area is 304 Å². The van der Waals surface area contributed by atoms with E-state index in [9.17, 15) is 19.8 Å². The van der Waals surface area contributed by atoms with Gasteiger partial charge in [-0.3, -0.25) is 0 Å². The molecule has 286 valence electrons. The summed E-state index contributed by atoms with van der Waals surface area (Å²) in [5.41, 5.74) is 1.91. The third kappa shape index (κ3) is 6.98. The fourth-order valence-electron chi connectivity index (χ4n) is 13.6. The molecule has 5 saturated carbocycles. The first-order valence-corrected chi connectivity index (χ1v) is 20.0. The molecule has 0 bridgehead atoms. The van der Waals surface area contributed by atoms with Gasteiger partial charge in [-0.2, -0.15) is 0 Å². The lowest BCUT2D eigenvalue weighted by molar-refractivity contribution is -0.883. The minimum Gasteiger partial charge on any atom is -0.461 e. The fourth-order valence-corrected chi connectivity index (χ4v) is 13.6. The van der Waals surface area contributed by atoms with Gasteiger partial charge in [0.1, 0.15) is 19.2 Å². The van der Waals surface area contributed by atoms with E-state index >= 15 is 0 Å². The van der Waals surface area contributed by atoms with Crippen molar-refractivity contribution in [3.8, 4) is 0 Å². The van der Waals surface area contributed by atoms with Gasteiger partial charge in [-0.25, -0.2) is 9.59 Å². The third-order valence-electron chi connectivity index (χ3n) is 16.3. The quantitative estimate of drug-likeness (QED) is 0.145. The number of nitrogens with zero attached hydrogens (tertiary/aromatic N) is 2. The van der Waals surface area contributed by atoms with Crippen LogP contribution >= 0.6 is 0 Å². The SMILES string of the molecule is C=C(C)C1CC(COC(=O)C[N+](C)(C)CCO)C2CC[C@@]3(C)C(CCC4[C@@]5(C)CCC(OC(=O)C[N+](C)(C)CCO)C(C)(C)C5CC[C@]43C)C12. The number of hydrogen-bond acceptors (Lipinski definition) is 6. The van der Waals surface area contributed by atoms with Crippen molar-refractivity contribution in [3.63, 3.8) is 0 Å². The molecule has 5 aliphatic carbocycles. The highest BCUT2D eigenvalue weighted by atomic mass is 16.5. The number of fused-ring (bicyclic) bond motifs is 7. The van der Waals surface area contributed by atoms with Gasteiger partial charge in [0, 0.05) is 5.41 Å². The summed E-state index contributed by atoms with van der Waals surface area (Å²) in [5, 5.41) is 18.9. The molecule has 8 nitrogen and oxygen atoms in total. The highest BCUT2D eigenvalue weighted by Crippen LogP contribution is 2.76. The molecule has 0 aliphatic heterocycles. The van der Waals surface area contributed by atoms with Gasteiger partial charge in [-0.05, 0) is 122 Å². The van der Waals surface area contributed by atoms with E-state index in [1.165, 1.54) is 44.1 Å². The Hall–Kier alpha value is -1.48. The van der Waals surface area contributed by atoms with Crippen molar-refractivity contribution >= 4 is 11.9 Å². The van der Waals surface area contributed by atoms with E-state index in [0.717, 1.165) is 19.3 Å². The maximum absolute atomic E-state index is 13.2. The van der Waals surface area contributed by atoms with Gasteiger partial charge in [0.2, 0.25) is 0 Å². The molecule has 8 heteroatoms. The van der Waals surface area contributed by atoms with Crippen LogP contribution in [0, 0.1) is 63.1 Å². The van der Waals surface area contributed by atoms with Crippen LogP contribution in [0.25, 0.3) is 0 Å². The van der Waals surface area contributed by atoms with Gasteiger partial charge in [-0.15, -0.1) is 0 Å². The van der Waals surface area contributed by atoms with Crippen molar-refractivity contribution in [3.05, 3.63) is 12.2 Å². The van der Waals surface area contributed by atoms with E-state index in [1.54, 1.807) is 0 Å². The van der Waals surface area contributed by atoms with E-state index in [2.05, 4.69) is 48.1 Å². The molecule has 5 aliphatic rings. The molecule has 0 aromatic heterocycles. The Bertz CT molecular complexity index is 1280. The second-order valence-electron chi connectivity index (χ2n) is 20.5. The van der Waals surface area contributed by atoms with Gasteiger partial charge in [0.15, 0.2) is 13.1 Å². The van der Waals surface area contributed by atoms with E-state index in [-0.39, 0.29) is 66.0 Å². The predicted octanol–water partition coefficient (Wildman–Crippen LogP) is 6.09.